The van der Waals surface area contributed by atoms with Crippen molar-refractivity contribution in [3.8, 4) is 0 Å². The molecule has 2 aromatic rings. The molecule has 4 rings (SSSR count). The van der Waals surface area contributed by atoms with E-state index in [0.717, 1.165) is 32.1 Å². The highest BCUT2D eigenvalue weighted by molar-refractivity contribution is 5.87. The molecule has 1 saturated carbocycles. The molecule has 2 aliphatic rings. The number of carbonyl (C=O) groups is 1. The largest absolute Gasteiger partial charge is 0.358 e. The highest BCUT2D eigenvalue weighted by Gasteiger charge is 2.29. The summed E-state index contributed by atoms with van der Waals surface area (Å²) in [6, 6.07) is 8.87. The van der Waals surface area contributed by atoms with E-state index in [1.165, 1.54) is 35.0 Å². The zero-order chi connectivity index (χ0) is 14.2. The molecule has 0 bridgehead atoms. The first-order valence-corrected chi connectivity index (χ1v) is 8.20. The van der Waals surface area contributed by atoms with E-state index in [2.05, 4.69) is 34.6 Å². The Bertz CT molecular complexity index is 667. The summed E-state index contributed by atoms with van der Waals surface area (Å²) < 4.78 is 0. The number of aromatic amines is 1. The molecule has 1 unspecified atom stereocenters. The van der Waals surface area contributed by atoms with Gasteiger partial charge in [0.25, 0.3) is 0 Å². The molecule has 1 aromatic heterocycles. The van der Waals surface area contributed by atoms with Gasteiger partial charge in [-0.05, 0) is 43.7 Å². The molecule has 21 heavy (non-hydrogen) atoms. The Morgan fingerprint density at radius 2 is 1.95 bits per heavy atom. The molecular weight excluding hydrogens is 260 g/mol. The van der Waals surface area contributed by atoms with Gasteiger partial charge in [0.1, 0.15) is 0 Å². The van der Waals surface area contributed by atoms with Crippen LogP contribution in [0.2, 0.25) is 0 Å². The van der Waals surface area contributed by atoms with E-state index >= 15 is 0 Å². The highest BCUT2D eigenvalue weighted by Crippen LogP contribution is 2.32. The van der Waals surface area contributed by atoms with Crippen LogP contribution in [0.3, 0.4) is 0 Å². The van der Waals surface area contributed by atoms with Gasteiger partial charge in [0, 0.05) is 28.6 Å². The number of hydrogen-bond donors (Lipinski definition) is 2. The van der Waals surface area contributed by atoms with Gasteiger partial charge in [0.15, 0.2) is 0 Å². The average molecular weight is 282 g/mol. The number of fused-ring (bicyclic) bond motifs is 3. The van der Waals surface area contributed by atoms with E-state index in [1.54, 1.807) is 0 Å². The zero-order valence-corrected chi connectivity index (χ0v) is 12.3. The van der Waals surface area contributed by atoms with Crippen LogP contribution in [0.25, 0.3) is 10.9 Å². The van der Waals surface area contributed by atoms with Crippen molar-refractivity contribution >= 4 is 16.8 Å². The maximum absolute atomic E-state index is 12.5. The van der Waals surface area contributed by atoms with Crippen LogP contribution in [0.5, 0.6) is 0 Å². The first kappa shape index (κ1) is 12.9. The fourth-order valence-corrected chi connectivity index (χ4v) is 3.98. The Labute approximate surface area is 125 Å². The van der Waals surface area contributed by atoms with Crippen molar-refractivity contribution in [1.82, 2.24) is 10.3 Å². The lowest BCUT2D eigenvalue weighted by Crippen LogP contribution is -2.39. The lowest BCUT2D eigenvalue weighted by Gasteiger charge is -2.23. The van der Waals surface area contributed by atoms with Crippen LogP contribution in [0.15, 0.2) is 24.3 Å². The van der Waals surface area contributed by atoms with Gasteiger partial charge < -0.3 is 10.3 Å². The number of benzene rings is 1. The summed E-state index contributed by atoms with van der Waals surface area (Å²) in [5.74, 6) is 0.426. The van der Waals surface area contributed by atoms with Crippen LogP contribution in [-0.4, -0.2) is 16.9 Å². The zero-order valence-electron chi connectivity index (χ0n) is 12.3. The molecule has 2 N–H and O–H groups in total. The second-order valence-corrected chi connectivity index (χ2v) is 6.56. The molecule has 0 spiro atoms. The van der Waals surface area contributed by atoms with Crippen molar-refractivity contribution in [3.63, 3.8) is 0 Å². The lowest BCUT2D eigenvalue weighted by atomic mass is 9.85. The van der Waals surface area contributed by atoms with Gasteiger partial charge in [-0.1, -0.05) is 31.0 Å². The van der Waals surface area contributed by atoms with E-state index in [9.17, 15) is 4.79 Å². The Balaban J connectivity index is 1.54. The second-order valence-electron chi connectivity index (χ2n) is 6.56. The van der Waals surface area contributed by atoms with Crippen molar-refractivity contribution in [2.24, 2.45) is 5.92 Å². The van der Waals surface area contributed by atoms with Gasteiger partial charge in [0.2, 0.25) is 5.91 Å². The van der Waals surface area contributed by atoms with Gasteiger partial charge in [-0.25, -0.2) is 0 Å². The fraction of sp³-hybridized carbons (Fsp3) is 0.500. The van der Waals surface area contributed by atoms with E-state index in [4.69, 9.17) is 0 Å². The Hall–Kier alpha value is -1.77. The van der Waals surface area contributed by atoms with Crippen LogP contribution in [0.4, 0.5) is 0 Å². The second kappa shape index (κ2) is 5.21. The molecule has 0 aliphatic heterocycles. The summed E-state index contributed by atoms with van der Waals surface area (Å²) >= 11 is 0. The number of rotatable bonds is 2. The van der Waals surface area contributed by atoms with E-state index in [-0.39, 0.29) is 11.8 Å². The number of aryl methyl sites for hydroxylation is 1. The van der Waals surface area contributed by atoms with Crippen molar-refractivity contribution in [2.45, 2.75) is 51.0 Å². The third-order valence-corrected chi connectivity index (χ3v) is 5.17. The van der Waals surface area contributed by atoms with Crippen LogP contribution >= 0.6 is 0 Å². The third-order valence-electron chi connectivity index (χ3n) is 5.17. The van der Waals surface area contributed by atoms with E-state index in [1.807, 2.05) is 0 Å². The average Bonchev–Trinajstić information content (AvgIpc) is 3.13. The molecule has 1 heterocycles. The normalized spacial score (nSPS) is 22.4. The minimum absolute atomic E-state index is 0.150. The van der Waals surface area contributed by atoms with Gasteiger partial charge in [0.05, 0.1) is 0 Å². The lowest BCUT2D eigenvalue weighted by molar-refractivity contribution is -0.126. The number of nitrogens with one attached hydrogen (secondary N) is 2. The van der Waals surface area contributed by atoms with E-state index in [0.29, 0.717) is 6.04 Å². The summed E-state index contributed by atoms with van der Waals surface area (Å²) in [5.41, 5.74) is 3.91. The number of aromatic nitrogens is 1. The first-order valence-electron chi connectivity index (χ1n) is 8.20. The Kier molecular flexibility index (Phi) is 3.21. The summed E-state index contributed by atoms with van der Waals surface area (Å²) in [6.45, 7) is 0. The Morgan fingerprint density at radius 1 is 1.14 bits per heavy atom. The summed E-state index contributed by atoms with van der Waals surface area (Å²) in [5, 5.41) is 4.57. The topological polar surface area (TPSA) is 44.9 Å². The van der Waals surface area contributed by atoms with Crippen LogP contribution in [0.1, 0.15) is 43.4 Å². The predicted octanol–water partition coefficient (Wildman–Crippen LogP) is 3.33. The number of amides is 1. The maximum atomic E-state index is 12.5. The molecule has 0 saturated heterocycles. The fourth-order valence-electron chi connectivity index (χ4n) is 3.98. The molecular formula is C18H22N2O. The first-order chi connectivity index (χ1) is 10.3. The minimum atomic E-state index is 0.150. The maximum Gasteiger partial charge on any atom is 0.223 e. The van der Waals surface area contributed by atoms with Crippen LogP contribution in [0, 0.1) is 5.92 Å². The Morgan fingerprint density at radius 3 is 2.81 bits per heavy atom. The standard InChI is InChI=1S/C18H22N2O/c21-18(19-13-5-1-2-6-13)12-9-10-17-15(11-12)14-7-3-4-8-16(14)20-17/h3-4,7-8,12-13,20H,1-2,5-6,9-11H2,(H,19,21). The smallest absolute Gasteiger partial charge is 0.223 e. The molecule has 1 atom stereocenters. The SMILES string of the molecule is O=C(NC1CCCC1)C1CCc2[nH]c3ccccc3c2C1. The van der Waals surface area contributed by atoms with Gasteiger partial charge in [-0.2, -0.15) is 0 Å². The van der Waals surface area contributed by atoms with Crippen LogP contribution in [-0.2, 0) is 17.6 Å². The third kappa shape index (κ3) is 2.35. The number of hydrogen-bond acceptors (Lipinski definition) is 1. The molecule has 3 nitrogen and oxygen atoms in total. The van der Waals surface area contributed by atoms with Crippen molar-refractivity contribution in [3.05, 3.63) is 35.5 Å². The molecule has 110 valence electrons. The predicted molar refractivity (Wildman–Crippen MR) is 84.2 cm³/mol. The monoisotopic (exact) mass is 282 g/mol. The van der Waals surface area contributed by atoms with Crippen LogP contribution < -0.4 is 5.32 Å². The molecule has 1 amide bonds. The minimum Gasteiger partial charge on any atom is -0.358 e. The number of H-pyrrole nitrogens is 1. The van der Waals surface area contributed by atoms with Gasteiger partial charge in [-0.3, -0.25) is 4.79 Å². The summed E-state index contributed by atoms with van der Waals surface area (Å²) in [7, 11) is 0. The van der Waals surface area contributed by atoms with Gasteiger partial charge in [-0.15, -0.1) is 0 Å². The van der Waals surface area contributed by atoms with Crippen molar-refractivity contribution < 1.29 is 4.79 Å². The number of carbonyl (C=O) groups excluding carboxylic acids is 1. The van der Waals surface area contributed by atoms with Crippen molar-refractivity contribution in [2.75, 3.05) is 0 Å². The molecule has 1 aromatic carbocycles. The molecule has 1 fully saturated rings. The molecule has 3 heteroatoms. The van der Waals surface area contributed by atoms with Crippen molar-refractivity contribution in [1.29, 1.82) is 0 Å². The van der Waals surface area contributed by atoms with Gasteiger partial charge >= 0.3 is 0 Å². The molecule has 0 radical (unpaired) electrons. The quantitative estimate of drug-likeness (QED) is 0.872. The molecule has 2 aliphatic carbocycles. The highest BCUT2D eigenvalue weighted by atomic mass is 16.1. The summed E-state index contributed by atoms with van der Waals surface area (Å²) in [6.07, 6.45) is 7.71. The van der Waals surface area contributed by atoms with E-state index < -0.39 is 0 Å². The number of para-hydroxylation sites is 1. The summed E-state index contributed by atoms with van der Waals surface area (Å²) in [4.78, 5) is 16.0.